The average Bonchev–Trinajstić information content (AvgIpc) is 2.83. The van der Waals surface area contributed by atoms with Gasteiger partial charge in [-0.1, -0.05) is 23.7 Å². The summed E-state index contributed by atoms with van der Waals surface area (Å²) in [5.41, 5.74) is -0.125. The lowest BCUT2D eigenvalue weighted by atomic mass is 9.96. The molecule has 1 amide bonds. The Hall–Kier alpha value is -1.33. The number of hydrogen-bond acceptors (Lipinski definition) is 3. The van der Waals surface area contributed by atoms with Gasteiger partial charge in [0.15, 0.2) is 0 Å². The zero-order valence-electron chi connectivity index (χ0n) is 13.2. The molecule has 4 nitrogen and oxygen atoms in total. The molecule has 1 heterocycles. The molecule has 22 heavy (non-hydrogen) atoms. The van der Waals surface area contributed by atoms with Crippen molar-refractivity contribution in [3.05, 3.63) is 34.6 Å². The van der Waals surface area contributed by atoms with Crippen LogP contribution in [0.25, 0.3) is 0 Å². The second-order valence-corrected chi connectivity index (χ2v) is 6.75. The molecule has 1 aliphatic heterocycles. The van der Waals surface area contributed by atoms with Crippen molar-refractivity contribution in [2.45, 2.75) is 44.9 Å². The standard InChI is InChI=1S/C16H21ClFNO3/c1-16(2,3)22-15(20)19-9-8-11(14(19)21-4)10-6-5-7-12(17)13(10)18/h5-7,11,14H,8-9H2,1-4H3/t11-,14-/m0/s1. The number of amides is 1. The van der Waals surface area contributed by atoms with E-state index in [2.05, 4.69) is 0 Å². The lowest BCUT2D eigenvalue weighted by Gasteiger charge is -2.29. The van der Waals surface area contributed by atoms with Crippen molar-refractivity contribution >= 4 is 17.7 Å². The number of likely N-dealkylation sites (tertiary alicyclic amines) is 1. The number of nitrogens with zero attached hydrogens (tertiary/aromatic N) is 1. The molecule has 0 unspecified atom stereocenters. The minimum absolute atomic E-state index is 0.0723. The van der Waals surface area contributed by atoms with Gasteiger partial charge in [0.25, 0.3) is 0 Å². The zero-order valence-corrected chi connectivity index (χ0v) is 14.0. The Labute approximate surface area is 135 Å². The molecule has 0 saturated carbocycles. The van der Waals surface area contributed by atoms with E-state index in [4.69, 9.17) is 21.1 Å². The molecule has 0 spiro atoms. The fourth-order valence-electron chi connectivity index (χ4n) is 2.69. The fourth-order valence-corrected chi connectivity index (χ4v) is 2.87. The normalized spacial score (nSPS) is 22.0. The smallest absolute Gasteiger partial charge is 0.412 e. The monoisotopic (exact) mass is 329 g/mol. The Bertz CT molecular complexity index is 559. The lowest BCUT2D eigenvalue weighted by molar-refractivity contribution is -0.0366. The first-order valence-electron chi connectivity index (χ1n) is 7.21. The molecule has 6 heteroatoms. The number of carbonyl (C=O) groups excluding carboxylic acids is 1. The molecular formula is C16H21ClFNO3. The molecule has 1 aromatic carbocycles. The molecule has 0 aliphatic carbocycles. The maximum atomic E-state index is 14.2. The van der Waals surface area contributed by atoms with E-state index in [1.54, 1.807) is 32.9 Å². The summed E-state index contributed by atoms with van der Waals surface area (Å²) in [6.07, 6.45) is -0.429. The predicted molar refractivity (Wildman–Crippen MR) is 82.5 cm³/mol. The van der Waals surface area contributed by atoms with Crippen molar-refractivity contribution in [3.8, 4) is 0 Å². The van der Waals surface area contributed by atoms with Gasteiger partial charge >= 0.3 is 6.09 Å². The van der Waals surface area contributed by atoms with E-state index >= 15 is 0 Å². The van der Waals surface area contributed by atoms with E-state index in [1.807, 2.05) is 0 Å². The van der Waals surface area contributed by atoms with Crippen LogP contribution in [0, 0.1) is 5.82 Å². The fraction of sp³-hybridized carbons (Fsp3) is 0.562. The van der Waals surface area contributed by atoms with Gasteiger partial charge < -0.3 is 9.47 Å². The second-order valence-electron chi connectivity index (χ2n) is 6.34. The third-order valence-corrected chi connectivity index (χ3v) is 3.87. The number of ether oxygens (including phenoxy) is 2. The largest absolute Gasteiger partial charge is 0.444 e. The highest BCUT2D eigenvalue weighted by Crippen LogP contribution is 2.37. The molecule has 1 fully saturated rings. The van der Waals surface area contributed by atoms with Crippen LogP contribution in [-0.2, 0) is 9.47 Å². The highest BCUT2D eigenvalue weighted by molar-refractivity contribution is 6.30. The molecule has 2 rings (SSSR count). The number of hydrogen-bond donors (Lipinski definition) is 0. The molecule has 0 aromatic heterocycles. The van der Waals surface area contributed by atoms with Crippen LogP contribution in [-0.4, -0.2) is 36.5 Å². The predicted octanol–water partition coefficient (Wildman–Crippen LogP) is 4.18. The van der Waals surface area contributed by atoms with E-state index in [1.165, 1.54) is 18.1 Å². The first kappa shape index (κ1) is 17.0. The van der Waals surface area contributed by atoms with Crippen molar-refractivity contribution in [3.63, 3.8) is 0 Å². The number of halogens is 2. The summed E-state index contributed by atoms with van der Waals surface area (Å²) in [6.45, 7) is 5.86. The van der Waals surface area contributed by atoms with Gasteiger partial charge in [0, 0.05) is 19.6 Å². The van der Waals surface area contributed by atoms with Crippen LogP contribution in [0.3, 0.4) is 0 Å². The Kier molecular flexibility index (Phi) is 4.97. The van der Waals surface area contributed by atoms with E-state index in [0.29, 0.717) is 18.5 Å². The SMILES string of the molecule is CO[C@H]1[C@H](c2cccc(Cl)c2F)CCN1C(=O)OC(C)(C)C. The van der Waals surface area contributed by atoms with E-state index in [9.17, 15) is 9.18 Å². The molecule has 2 atom stereocenters. The van der Waals surface area contributed by atoms with Gasteiger partial charge in [-0.25, -0.2) is 9.18 Å². The molecule has 1 saturated heterocycles. The van der Waals surface area contributed by atoms with Crippen molar-refractivity contribution in [2.24, 2.45) is 0 Å². The van der Waals surface area contributed by atoms with Crippen LogP contribution >= 0.6 is 11.6 Å². The summed E-state index contributed by atoms with van der Waals surface area (Å²) in [4.78, 5) is 13.8. The van der Waals surface area contributed by atoms with Crippen molar-refractivity contribution < 1.29 is 18.7 Å². The summed E-state index contributed by atoms with van der Waals surface area (Å²) in [7, 11) is 1.50. The number of rotatable bonds is 2. The van der Waals surface area contributed by atoms with Crippen molar-refractivity contribution in [1.29, 1.82) is 0 Å². The quantitative estimate of drug-likeness (QED) is 0.817. The molecule has 122 valence electrons. The molecule has 0 bridgehead atoms. The average molecular weight is 330 g/mol. The third-order valence-electron chi connectivity index (χ3n) is 3.58. The zero-order chi connectivity index (χ0) is 16.5. The summed E-state index contributed by atoms with van der Waals surface area (Å²) < 4.78 is 25.1. The third kappa shape index (κ3) is 3.52. The lowest BCUT2D eigenvalue weighted by Crippen LogP contribution is -2.42. The van der Waals surface area contributed by atoms with Gasteiger partial charge in [-0.2, -0.15) is 0 Å². The van der Waals surface area contributed by atoms with Gasteiger partial charge in [-0.15, -0.1) is 0 Å². The Morgan fingerprint density at radius 2 is 2.09 bits per heavy atom. The highest BCUT2D eigenvalue weighted by Gasteiger charge is 2.41. The van der Waals surface area contributed by atoms with E-state index < -0.39 is 23.7 Å². The molecule has 0 radical (unpaired) electrons. The van der Waals surface area contributed by atoms with Crippen LogP contribution in [0.4, 0.5) is 9.18 Å². The summed E-state index contributed by atoms with van der Waals surface area (Å²) in [5.74, 6) is -0.724. The summed E-state index contributed by atoms with van der Waals surface area (Å²) in [6, 6.07) is 4.88. The van der Waals surface area contributed by atoms with Gasteiger partial charge in [0.1, 0.15) is 17.6 Å². The number of carbonyl (C=O) groups is 1. The van der Waals surface area contributed by atoms with Gasteiger partial charge in [-0.05, 0) is 38.8 Å². The molecule has 0 N–H and O–H groups in total. The minimum Gasteiger partial charge on any atom is -0.444 e. The minimum atomic E-state index is -0.589. The Morgan fingerprint density at radius 1 is 1.41 bits per heavy atom. The Morgan fingerprint density at radius 3 is 2.68 bits per heavy atom. The summed E-state index contributed by atoms with van der Waals surface area (Å²) in [5, 5.41) is 0.0723. The van der Waals surface area contributed by atoms with Crippen LogP contribution in [0.5, 0.6) is 0 Å². The topological polar surface area (TPSA) is 38.8 Å². The summed E-state index contributed by atoms with van der Waals surface area (Å²) >= 11 is 5.85. The molecule has 1 aromatic rings. The second kappa shape index (κ2) is 6.42. The van der Waals surface area contributed by atoms with Gasteiger partial charge in [0.05, 0.1) is 5.02 Å². The maximum Gasteiger partial charge on any atom is 0.412 e. The Balaban J connectivity index is 2.23. The van der Waals surface area contributed by atoms with Crippen molar-refractivity contribution in [2.75, 3.05) is 13.7 Å². The van der Waals surface area contributed by atoms with Crippen LogP contribution in [0.1, 0.15) is 38.7 Å². The first-order valence-corrected chi connectivity index (χ1v) is 7.58. The first-order chi connectivity index (χ1) is 10.2. The van der Waals surface area contributed by atoms with Crippen LogP contribution in [0.15, 0.2) is 18.2 Å². The number of benzene rings is 1. The highest BCUT2D eigenvalue weighted by atomic mass is 35.5. The number of methoxy groups -OCH3 is 1. The van der Waals surface area contributed by atoms with Gasteiger partial charge in [-0.3, -0.25) is 4.90 Å². The van der Waals surface area contributed by atoms with Crippen molar-refractivity contribution in [1.82, 2.24) is 4.90 Å². The van der Waals surface area contributed by atoms with Crippen LogP contribution in [0.2, 0.25) is 5.02 Å². The van der Waals surface area contributed by atoms with Gasteiger partial charge in [0.2, 0.25) is 0 Å². The van der Waals surface area contributed by atoms with E-state index in [0.717, 1.165) is 0 Å². The van der Waals surface area contributed by atoms with Crippen LogP contribution < -0.4 is 0 Å². The van der Waals surface area contributed by atoms with E-state index in [-0.39, 0.29) is 10.9 Å². The molecular weight excluding hydrogens is 309 g/mol. The maximum absolute atomic E-state index is 14.2. The molecule has 1 aliphatic rings.